The molecular formula is C8H12N3S3. The fraction of sp³-hybridized carbons (Fsp3) is 0.625. The number of thioether (sulfide) groups is 1. The van der Waals surface area contributed by atoms with Gasteiger partial charge in [0.1, 0.15) is 5.01 Å². The molecule has 1 radical (unpaired) electrons. The quantitative estimate of drug-likeness (QED) is 0.562. The Labute approximate surface area is 97.9 Å². The fourth-order valence-electron chi connectivity index (χ4n) is 0.808. The summed E-state index contributed by atoms with van der Waals surface area (Å²) in [6, 6.07) is 0. The minimum Gasteiger partial charge on any atom is -0.309 e. The highest BCUT2D eigenvalue weighted by molar-refractivity contribution is 8.02. The summed E-state index contributed by atoms with van der Waals surface area (Å²) in [6.45, 7) is 1.01. The smallest absolute Gasteiger partial charge is 0.174 e. The van der Waals surface area contributed by atoms with Crippen LogP contribution in [0.4, 0.5) is 0 Å². The van der Waals surface area contributed by atoms with Crippen LogP contribution in [0.1, 0.15) is 5.01 Å². The van der Waals surface area contributed by atoms with Crippen molar-refractivity contribution < 1.29 is 0 Å². The first kappa shape index (κ1) is 12.0. The summed E-state index contributed by atoms with van der Waals surface area (Å²) in [5.41, 5.74) is 0. The van der Waals surface area contributed by atoms with Crippen LogP contribution < -0.4 is 0 Å². The van der Waals surface area contributed by atoms with Crippen LogP contribution in [0.3, 0.4) is 0 Å². The van der Waals surface area contributed by atoms with Gasteiger partial charge in [0.15, 0.2) is 4.34 Å². The second kappa shape index (κ2) is 6.44. The Morgan fingerprint density at radius 2 is 2.29 bits per heavy atom. The molecule has 0 unspecified atom stereocenters. The van der Waals surface area contributed by atoms with Crippen LogP contribution in [-0.2, 0) is 6.42 Å². The molecule has 0 aromatic carbocycles. The number of likely N-dealkylation sites (N-methyl/N-ethyl adjacent to an activating group) is 1. The molecule has 77 valence electrons. The van der Waals surface area contributed by atoms with Crippen molar-refractivity contribution >= 4 is 40.7 Å². The summed E-state index contributed by atoms with van der Waals surface area (Å²) in [4.78, 5) is 2.14. The topological polar surface area (TPSA) is 29.0 Å². The van der Waals surface area contributed by atoms with E-state index in [1.807, 2.05) is 0 Å². The summed E-state index contributed by atoms with van der Waals surface area (Å²) >= 11 is 7.86. The van der Waals surface area contributed by atoms with E-state index < -0.39 is 0 Å². The Morgan fingerprint density at radius 1 is 1.50 bits per heavy atom. The van der Waals surface area contributed by atoms with Crippen molar-refractivity contribution in [3.8, 4) is 0 Å². The zero-order valence-electron chi connectivity index (χ0n) is 8.19. The summed E-state index contributed by atoms with van der Waals surface area (Å²) < 4.78 is 0.983. The minimum atomic E-state index is 0.706. The number of hydrogen-bond acceptors (Lipinski definition) is 6. The molecule has 0 aliphatic heterocycles. The largest absolute Gasteiger partial charge is 0.309 e. The van der Waals surface area contributed by atoms with Gasteiger partial charge in [-0.2, -0.15) is 0 Å². The van der Waals surface area contributed by atoms with E-state index in [-0.39, 0.29) is 0 Å². The maximum absolute atomic E-state index is 4.62. The van der Waals surface area contributed by atoms with E-state index in [0.29, 0.717) is 5.75 Å². The van der Waals surface area contributed by atoms with E-state index in [4.69, 9.17) is 0 Å². The molecule has 0 saturated carbocycles. The lowest BCUT2D eigenvalue weighted by Crippen LogP contribution is -2.14. The number of hydrogen-bond donors (Lipinski definition) is 0. The van der Waals surface area contributed by atoms with Gasteiger partial charge < -0.3 is 4.90 Å². The molecule has 0 fully saturated rings. The fourth-order valence-corrected chi connectivity index (χ4v) is 2.53. The number of aromatic nitrogens is 2. The van der Waals surface area contributed by atoms with Gasteiger partial charge in [-0.1, -0.05) is 35.3 Å². The standard InChI is InChI=1S/C8H12N3S3/c1-11(2)4-3-7-9-10-8(14-7)13-6-5-12/h3-4,6H2,1-2H3. The number of nitrogens with zero attached hydrogens (tertiary/aromatic N) is 3. The Hall–Kier alpha value is -0.0400. The lowest BCUT2D eigenvalue weighted by atomic mass is 10.4. The Kier molecular flexibility index (Phi) is 5.54. The average Bonchev–Trinajstić information content (AvgIpc) is 2.59. The molecule has 0 atom stereocenters. The second-order valence-electron chi connectivity index (χ2n) is 2.95. The molecule has 1 aromatic heterocycles. The van der Waals surface area contributed by atoms with Gasteiger partial charge in [0.05, 0.1) is 0 Å². The van der Waals surface area contributed by atoms with Crippen LogP contribution in [0.25, 0.3) is 0 Å². The SMILES string of the molecule is CN(C)CCc1nnc(SC[C]=S)s1. The Balaban J connectivity index is 2.38. The molecule has 0 N–H and O–H groups in total. The van der Waals surface area contributed by atoms with Crippen molar-refractivity contribution in [2.45, 2.75) is 10.8 Å². The first-order valence-electron chi connectivity index (χ1n) is 4.17. The minimum absolute atomic E-state index is 0.706. The molecule has 0 amide bonds. The van der Waals surface area contributed by atoms with Crippen molar-refractivity contribution in [2.75, 3.05) is 26.4 Å². The molecule has 3 nitrogen and oxygen atoms in total. The van der Waals surface area contributed by atoms with Gasteiger partial charge >= 0.3 is 0 Å². The molecule has 6 heteroatoms. The van der Waals surface area contributed by atoms with E-state index in [0.717, 1.165) is 22.3 Å². The molecule has 0 saturated heterocycles. The summed E-state index contributed by atoms with van der Waals surface area (Å²) in [7, 11) is 4.11. The Bertz CT molecular complexity index is 285. The van der Waals surface area contributed by atoms with E-state index in [1.165, 1.54) is 0 Å². The van der Waals surface area contributed by atoms with Gasteiger partial charge in [-0.05, 0) is 14.1 Å². The maximum Gasteiger partial charge on any atom is 0.174 e. The summed E-state index contributed by atoms with van der Waals surface area (Å²) in [6.07, 6.45) is 0.965. The molecule has 1 heterocycles. The molecule has 0 aliphatic carbocycles. The third-order valence-corrected chi connectivity index (χ3v) is 3.80. The van der Waals surface area contributed by atoms with Crippen LogP contribution >= 0.6 is 35.3 Å². The average molecular weight is 246 g/mol. The second-order valence-corrected chi connectivity index (χ2v) is 5.52. The highest BCUT2D eigenvalue weighted by atomic mass is 32.2. The highest BCUT2D eigenvalue weighted by Crippen LogP contribution is 2.21. The van der Waals surface area contributed by atoms with Crippen molar-refractivity contribution in [1.29, 1.82) is 0 Å². The third-order valence-electron chi connectivity index (χ3n) is 1.48. The normalized spacial score (nSPS) is 10.8. The Morgan fingerprint density at radius 3 is 2.93 bits per heavy atom. The molecule has 1 aromatic rings. The number of thiocarbonyl (C=S) groups is 1. The molecular weight excluding hydrogens is 234 g/mol. The molecule has 14 heavy (non-hydrogen) atoms. The third kappa shape index (κ3) is 4.45. The monoisotopic (exact) mass is 246 g/mol. The molecule has 0 bridgehead atoms. The van der Waals surface area contributed by atoms with Gasteiger partial charge in [0.25, 0.3) is 0 Å². The van der Waals surface area contributed by atoms with Gasteiger partial charge in [-0.15, -0.1) is 10.2 Å². The predicted molar refractivity (Wildman–Crippen MR) is 65.5 cm³/mol. The summed E-state index contributed by atoms with van der Waals surface area (Å²) in [5.74, 6) is 0.706. The van der Waals surface area contributed by atoms with Crippen LogP contribution in [0, 0.1) is 0 Å². The van der Waals surface area contributed by atoms with Crippen LogP contribution in [0.5, 0.6) is 0 Å². The zero-order chi connectivity index (χ0) is 10.4. The zero-order valence-corrected chi connectivity index (χ0v) is 10.6. The number of rotatable bonds is 6. The lowest BCUT2D eigenvalue weighted by molar-refractivity contribution is 0.413. The van der Waals surface area contributed by atoms with E-state index in [2.05, 4.69) is 46.8 Å². The van der Waals surface area contributed by atoms with E-state index in [9.17, 15) is 0 Å². The summed E-state index contributed by atoms with van der Waals surface area (Å²) in [5, 5.41) is 11.9. The van der Waals surface area contributed by atoms with Crippen molar-refractivity contribution in [2.24, 2.45) is 0 Å². The lowest BCUT2D eigenvalue weighted by Gasteiger charge is -2.05. The molecule has 0 spiro atoms. The first-order chi connectivity index (χ1) is 6.72. The molecule has 0 aliphatic rings. The van der Waals surface area contributed by atoms with Crippen molar-refractivity contribution in [3.63, 3.8) is 0 Å². The first-order valence-corrected chi connectivity index (χ1v) is 6.38. The van der Waals surface area contributed by atoms with E-state index in [1.54, 1.807) is 23.1 Å². The van der Waals surface area contributed by atoms with Gasteiger partial charge in [0.2, 0.25) is 0 Å². The predicted octanol–water partition coefficient (Wildman–Crippen LogP) is 1.61. The van der Waals surface area contributed by atoms with E-state index >= 15 is 0 Å². The molecule has 1 rings (SSSR count). The van der Waals surface area contributed by atoms with Gasteiger partial charge in [-0.3, -0.25) is 0 Å². The van der Waals surface area contributed by atoms with Crippen molar-refractivity contribution in [3.05, 3.63) is 5.01 Å². The highest BCUT2D eigenvalue weighted by Gasteiger charge is 2.04. The van der Waals surface area contributed by atoms with Gasteiger partial charge in [-0.25, -0.2) is 0 Å². The van der Waals surface area contributed by atoms with Crippen molar-refractivity contribution in [1.82, 2.24) is 15.1 Å². The van der Waals surface area contributed by atoms with Gasteiger partial charge in [0, 0.05) is 24.1 Å². The van der Waals surface area contributed by atoms with Crippen LogP contribution in [0.2, 0.25) is 0 Å². The van der Waals surface area contributed by atoms with Crippen LogP contribution in [-0.4, -0.2) is 46.9 Å². The van der Waals surface area contributed by atoms with Crippen LogP contribution in [0.15, 0.2) is 4.34 Å². The maximum atomic E-state index is 4.62.